The van der Waals surface area contributed by atoms with Crippen molar-refractivity contribution in [2.45, 2.75) is 71.7 Å². The second kappa shape index (κ2) is 8.19. The van der Waals surface area contributed by atoms with E-state index >= 15 is 0 Å². The van der Waals surface area contributed by atoms with Crippen LogP contribution in [0.5, 0.6) is 0 Å². The van der Waals surface area contributed by atoms with Crippen molar-refractivity contribution in [1.82, 2.24) is 15.2 Å². The molecule has 7 heteroatoms. The Hall–Kier alpha value is -1.60. The fraction of sp³-hybridized carbons (Fsp3) is 0.778. The van der Waals surface area contributed by atoms with Gasteiger partial charge in [-0.15, -0.1) is 0 Å². The molecule has 2 rings (SSSR count). The van der Waals surface area contributed by atoms with Gasteiger partial charge in [0.15, 0.2) is 0 Å². The number of hydrogen-bond acceptors (Lipinski definition) is 6. The van der Waals surface area contributed by atoms with Crippen LogP contribution in [0.2, 0.25) is 0 Å². The molecule has 0 unspecified atom stereocenters. The van der Waals surface area contributed by atoms with Gasteiger partial charge in [-0.1, -0.05) is 13.8 Å². The number of hydrogen-bond donors (Lipinski definition) is 2. The number of nitrogens with zero attached hydrogens (tertiary/aromatic N) is 2. The molecule has 2 N–H and O–H groups in total. The average Bonchev–Trinajstić information content (AvgIpc) is 3.14. The van der Waals surface area contributed by atoms with Gasteiger partial charge in [0.1, 0.15) is 17.4 Å². The summed E-state index contributed by atoms with van der Waals surface area (Å²) in [5, 5.41) is 12.6. The zero-order valence-corrected chi connectivity index (χ0v) is 15.9. The third-order valence-electron chi connectivity index (χ3n) is 4.28. The second-order valence-corrected chi connectivity index (χ2v) is 7.91. The first kappa shape index (κ1) is 19.7. The molecule has 0 bridgehead atoms. The molecule has 0 aliphatic carbocycles. The third-order valence-corrected chi connectivity index (χ3v) is 4.28. The van der Waals surface area contributed by atoms with E-state index in [2.05, 4.69) is 24.1 Å². The van der Waals surface area contributed by atoms with E-state index in [1.165, 1.54) is 0 Å². The summed E-state index contributed by atoms with van der Waals surface area (Å²) in [5.74, 6) is 1.57. The maximum atomic E-state index is 12.4. The van der Waals surface area contributed by atoms with Gasteiger partial charge in [-0.05, 0) is 39.5 Å². The van der Waals surface area contributed by atoms with Crippen LogP contribution < -0.4 is 5.32 Å². The lowest BCUT2D eigenvalue weighted by Gasteiger charge is -2.27. The lowest BCUT2D eigenvalue weighted by molar-refractivity contribution is 0.0203. The van der Waals surface area contributed by atoms with Crippen LogP contribution in [0.4, 0.5) is 4.79 Å². The fourth-order valence-electron chi connectivity index (χ4n) is 2.86. The second-order valence-electron chi connectivity index (χ2n) is 7.91. The molecule has 142 valence electrons. The Kier molecular flexibility index (Phi) is 6.46. The maximum Gasteiger partial charge on any atom is 0.410 e. The minimum atomic E-state index is -0.522. The summed E-state index contributed by atoms with van der Waals surface area (Å²) in [5.41, 5.74) is -0.522. The Labute approximate surface area is 149 Å². The smallest absolute Gasteiger partial charge is 0.410 e. The van der Waals surface area contributed by atoms with E-state index in [4.69, 9.17) is 9.15 Å². The van der Waals surface area contributed by atoms with Crippen LogP contribution in [0.25, 0.3) is 0 Å². The van der Waals surface area contributed by atoms with E-state index < -0.39 is 5.60 Å². The molecule has 0 saturated carbocycles. The van der Waals surface area contributed by atoms with E-state index in [1.807, 2.05) is 20.8 Å². The van der Waals surface area contributed by atoms with Gasteiger partial charge < -0.3 is 19.6 Å². The largest absolute Gasteiger partial charge is 0.444 e. The molecule has 25 heavy (non-hydrogen) atoms. The SMILES string of the molecule is CC(C)[C@@H](CO)NCc1cnc([C@@H]2CCCN2C(=O)OC(C)(C)C)o1. The van der Waals surface area contributed by atoms with Crippen molar-refractivity contribution in [3.63, 3.8) is 0 Å². The highest BCUT2D eigenvalue weighted by Crippen LogP contribution is 2.32. The number of carbonyl (C=O) groups excluding carboxylic acids is 1. The highest BCUT2D eigenvalue weighted by Gasteiger charge is 2.35. The molecule has 0 radical (unpaired) electrons. The number of aliphatic hydroxyl groups is 1. The normalized spacial score (nSPS) is 19.5. The Morgan fingerprint density at radius 3 is 2.84 bits per heavy atom. The summed E-state index contributed by atoms with van der Waals surface area (Å²) >= 11 is 0. The Morgan fingerprint density at radius 2 is 2.24 bits per heavy atom. The molecule has 1 amide bonds. The van der Waals surface area contributed by atoms with E-state index in [0.29, 0.717) is 30.7 Å². The first-order valence-corrected chi connectivity index (χ1v) is 8.99. The average molecular weight is 353 g/mol. The molecule has 2 atom stereocenters. The number of nitrogens with one attached hydrogen (secondary N) is 1. The molecule has 1 aliphatic rings. The number of rotatable bonds is 6. The number of ether oxygens (including phenoxy) is 1. The van der Waals surface area contributed by atoms with Crippen molar-refractivity contribution in [3.05, 3.63) is 17.8 Å². The minimum Gasteiger partial charge on any atom is -0.444 e. The standard InChI is InChI=1S/C18H31N3O4/c1-12(2)14(11-22)19-9-13-10-20-16(24-13)15-7-6-8-21(15)17(23)25-18(3,4)5/h10,12,14-15,19,22H,6-9,11H2,1-5H3/t14-,15+/m1/s1. The predicted octanol–water partition coefficient (Wildman–Crippen LogP) is 2.85. The van der Waals surface area contributed by atoms with E-state index in [0.717, 1.165) is 12.8 Å². The van der Waals surface area contributed by atoms with E-state index in [9.17, 15) is 9.90 Å². The summed E-state index contributed by atoms with van der Waals surface area (Å²) in [4.78, 5) is 18.4. The topological polar surface area (TPSA) is 87.8 Å². The van der Waals surface area contributed by atoms with Crippen LogP contribution in [-0.2, 0) is 11.3 Å². The van der Waals surface area contributed by atoms with Crippen molar-refractivity contribution in [2.24, 2.45) is 5.92 Å². The van der Waals surface area contributed by atoms with Crippen LogP contribution in [0.1, 0.15) is 65.2 Å². The molecule has 1 fully saturated rings. The van der Waals surface area contributed by atoms with Gasteiger partial charge >= 0.3 is 6.09 Å². The number of carbonyl (C=O) groups is 1. The fourth-order valence-corrected chi connectivity index (χ4v) is 2.86. The molecule has 1 aromatic rings. The van der Waals surface area contributed by atoms with Gasteiger partial charge in [0, 0.05) is 12.6 Å². The summed E-state index contributed by atoms with van der Waals surface area (Å²) in [6.45, 7) is 10.9. The molecule has 0 aromatic carbocycles. The molecule has 1 aromatic heterocycles. The van der Waals surface area contributed by atoms with Crippen LogP contribution in [0.15, 0.2) is 10.6 Å². The van der Waals surface area contributed by atoms with Crippen LogP contribution in [0, 0.1) is 5.92 Å². The molecule has 1 saturated heterocycles. The molecule has 0 spiro atoms. The summed E-state index contributed by atoms with van der Waals surface area (Å²) in [7, 11) is 0. The van der Waals surface area contributed by atoms with E-state index in [1.54, 1.807) is 11.1 Å². The summed E-state index contributed by atoms with van der Waals surface area (Å²) in [6, 6.07) is -0.166. The molecule has 2 heterocycles. The minimum absolute atomic E-state index is 0.0123. The molecular formula is C18H31N3O4. The van der Waals surface area contributed by atoms with Gasteiger partial charge in [-0.2, -0.15) is 0 Å². The Balaban J connectivity index is 1.99. The summed E-state index contributed by atoms with van der Waals surface area (Å²) in [6.07, 6.45) is 3.08. The van der Waals surface area contributed by atoms with Crippen LogP contribution >= 0.6 is 0 Å². The van der Waals surface area contributed by atoms with Crippen LogP contribution in [-0.4, -0.2) is 45.9 Å². The Bertz CT molecular complexity index is 565. The van der Waals surface area contributed by atoms with Crippen molar-refractivity contribution < 1.29 is 19.1 Å². The molecule has 7 nitrogen and oxygen atoms in total. The lowest BCUT2D eigenvalue weighted by Crippen LogP contribution is -2.36. The van der Waals surface area contributed by atoms with Gasteiger partial charge in [0.2, 0.25) is 5.89 Å². The predicted molar refractivity (Wildman–Crippen MR) is 94.0 cm³/mol. The van der Waals surface area contributed by atoms with Gasteiger partial charge in [0.25, 0.3) is 0 Å². The zero-order chi connectivity index (χ0) is 18.6. The third kappa shape index (κ3) is 5.44. The number of aromatic nitrogens is 1. The number of oxazole rings is 1. The van der Waals surface area contributed by atoms with Gasteiger partial charge in [0.05, 0.1) is 19.3 Å². The van der Waals surface area contributed by atoms with E-state index in [-0.39, 0.29) is 24.8 Å². The quantitative estimate of drug-likeness (QED) is 0.818. The summed E-state index contributed by atoms with van der Waals surface area (Å²) < 4.78 is 11.3. The molecule has 1 aliphatic heterocycles. The highest BCUT2D eigenvalue weighted by atomic mass is 16.6. The van der Waals surface area contributed by atoms with Crippen molar-refractivity contribution >= 4 is 6.09 Å². The number of likely N-dealkylation sites (tertiary alicyclic amines) is 1. The molecular weight excluding hydrogens is 322 g/mol. The Morgan fingerprint density at radius 1 is 1.52 bits per heavy atom. The van der Waals surface area contributed by atoms with Crippen LogP contribution in [0.3, 0.4) is 0 Å². The van der Waals surface area contributed by atoms with Gasteiger partial charge in [-0.25, -0.2) is 9.78 Å². The first-order chi connectivity index (χ1) is 11.7. The maximum absolute atomic E-state index is 12.4. The van der Waals surface area contributed by atoms with Crippen molar-refractivity contribution in [1.29, 1.82) is 0 Å². The van der Waals surface area contributed by atoms with Gasteiger partial charge in [-0.3, -0.25) is 4.90 Å². The lowest BCUT2D eigenvalue weighted by atomic mass is 10.1. The number of amides is 1. The highest BCUT2D eigenvalue weighted by molar-refractivity contribution is 5.69. The number of aliphatic hydroxyl groups excluding tert-OH is 1. The van der Waals surface area contributed by atoms with Crippen molar-refractivity contribution in [2.75, 3.05) is 13.2 Å². The monoisotopic (exact) mass is 353 g/mol. The first-order valence-electron chi connectivity index (χ1n) is 8.99. The zero-order valence-electron chi connectivity index (χ0n) is 15.9. The van der Waals surface area contributed by atoms with Crippen molar-refractivity contribution in [3.8, 4) is 0 Å².